The maximum Gasteiger partial charge on any atom is -0.00141 e. The highest BCUT2D eigenvalue weighted by Crippen LogP contribution is 2.54. The Balaban J connectivity index is 0.000000211. The molecule has 0 atom stereocenters. The van der Waals surface area contributed by atoms with Crippen molar-refractivity contribution in [2.45, 2.75) is 69.2 Å². The first-order valence-electron chi connectivity index (χ1n) is 29.6. The summed E-state index contributed by atoms with van der Waals surface area (Å²) >= 11 is 0. The second-order valence-electron chi connectivity index (χ2n) is 18.7. The maximum absolute atomic E-state index is 2.29. The molecule has 0 radical (unpaired) electrons. The van der Waals surface area contributed by atoms with Crippen LogP contribution in [0.25, 0.3) is 111 Å². The molecule has 0 unspecified atom stereocenters. The van der Waals surface area contributed by atoms with Crippen LogP contribution in [0.4, 0.5) is 0 Å². The van der Waals surface area contributed by atoms with Gasteiger partial charge in [-0.1, -0.05) is 359 Å². The molecule has 0 spiro atoms. The zero-order valence-corrected chi connectivity index (χ0v) is 49.9. The van der Waals surface area contributed by atoms with Crippen LogP contribution in [0.2, 0.25) is 0 Å². The number of rotatable bonds is 10. The van der Waals surface area contributed by atoms with E-state index in [9.17, 15) is 0 Å². The van der Waals surface area contributed by atoms with Crippen LogP contribution in [-0.4, -0.2) is 0 Å². The third kappa shape index (κ3) is 13.6. The van der Waals surface area contributed by atoms with Crippen molar-refractivity contribution >= 4 is 0 Å². The van der Waals surface area contributed by atoms with Crippen LogP contribution in [0.3, 0.4) is 0 Å². The van der Waals surface area contributed by atoms with E-state index in [-0.39, 0.29) is 0 Å². The first kappa shape index (κ1) is 60.3. The molecule has 12 aromatic rings. The summed E-state index contributed by atoms with van der Waals surface area (Å²) < 4.78 is 0. The van der Waals surface area contributed by atoms with E-state index < -0.39 is 0 Å². The minimum Gasteiger partial charge on any atom is -0.0683 e. The predicted octanol–water partition coefficient (Wildman–Crippen LogP) is 24.8. The van der Waals surface area contributed by atoms with Crippen molar-refractivity contribution in [3.8, 4) is 111 Å². The van der Waals surface area contributed by atoms with Crippen LogP contribution < -0.4 is 0 Å². The Hall–Kier alpha value is -9.36. The van der Waals surface area contributed by atoms with Crippen LogP contribution in [0.15, 0.2) is 303 Å². The Bertz CT molecular complexity index is 3280. The third-order valence-corrected chi connectivity index (χ3v) is 14.1. The van der Waals surface area contributed by atoms with Crippen molar-refractivity contribution in [1.82, 2.24) is 0 Å². The van der Waals surface area contributed by atoms with Crippen molar-refractivity contribution in [3.05, 3.63) is 314 Å². The lowest BCUT2D eigenvalue weighted by atomic mass is 9.76. The highest BCUT2D eigenvalue weighted by Gasteiger charge is 2.28. The molecule has 0 saturated carbocycles. The van der Waals surface area contributed by atoms with Gasteiger partial charge in [0.15, 0.2) is 0 Å². The van der Waals surface area contributed by atoms with E-state index in [0.29, 0.717) is 0 Å². The zero-order valence-electron chi connectivity index (χ0n) is 49.9. The maximum atomic E-state index is 2.29. The van der Waals surface area contributed by atoms with Crippen molar-refractivity contribution in [2.75, 3.05) is 0 Å². The molecule has 0 heterocycles. The van der Waals surface area contributed by atoms with Crippen LogP contribution in [-0.2, 0) is 0 Å². The van der Waals surface area contributed by atoms with E-state index in [2.05, 4.69) is 317 Å². The molecular weight excluding hydrogens is 985 g/mol. The summed E-state index contributed by atoms with van der Waals surface area (Å²) in [6.45, 7) is 20.6. The third-order valence-electron chi connectivity index (χ3n) is 14.1. The second-order valence-corrected chi connectivity index (χ2v) is 18.7. The van der Waals surface area contributed by atoms with Gasteiger partial charge in [-0.15, -0.1) is 0 Å². The van der Waals surface area contributed by atoms with Crippen LogP contribution in [0.1, 0.15) is 66.5 Å². The normalized spacial score (nSPS) is 10.1. The van der Waals surface area contributed by atoms with Gasteiger partial charge in [0.2, 0.25) is 0 Å². The summed E-state index contributed by atoms with van der Waals surface area (Å²) in [5.41, 5.74) is 27.6. The van der Waals surface area contributed by atoms with Gasteiger partial charge in [0, 0.05) is 0 Å². The molecule has 12 aromatic carbocycles. The SMILES string of the molecule is CC.CC.CC.CC.Cc1c(-c2ccccc2)c(-c2ccccc2)c(-c2ccccc2)c(-c2ccccc2)c1-c1ccccc1.Cc1c(-c2ccccc2)c(-c2ccccc2)c(-c2ccccc2)c(-c2ccccc2)c1-c1ccccc1. The molecule has 0 aromatic heterocycles. The van der Waals surface area contributed by atoms with Gasteiger partial charge in [0.05, 0.1) is 0 Å². The molecule has 0 amide bonds. The lowest BCUT2D eigenvalue weighted by molar-refractivity contribution is 1.43. The monoisotopic (exact) mass is 1060 g/mol. The van der Waals surface area contributed by atoms with Gasteiger partial charge in [0.25, 0.3) is 0 Å². The van der Waals surface area contributed by atoms with E-state index in [4.69, 9.17) is 0 Å². The summed E-state index contributed by atoms with van der Waals surface area (Å²) in [5.74, 6) is 0. The lowest BCUT2D eigenvalue weighted by Gasteiger charge is -2.27. The van der Waals surface area contributed by atoms with Gasteiger partial charge in [-0.25, -0.2) is 0 Å². The second kappa shape index (κ2) is 31.4. The number of hydrogen-bond acceptors (Lipinski definition) is 0. The first-order valence-corrected chi connectivity index (χ1v) is 29.6. The number of hydrogen-bond donors (Lipinski definition) is 0. The minimum atomic E-state index is 1.22. The van der Waals surface area contributed by atoms with Gasteiger partial charge in [0.1, 0.15) is 0 Å². The topological polar surface area (TPSA) is 0 Å². The van der Waals surface area contributed by atoms with Crippen molar-refractivity contribution < 1.29 is 0 Å². The average molecular weight is 1070 g/mol. The van der Waals surface area contributed by atoms with E-state index in [0.717, 1.165) is 0 Å². The molecule has 0 aliphatic carbocycles. The zero-order chi connectivity index (χ0) is 58.1. The molecule has 0 aliphatic rings. The molecule has 0 aliphatic heterocycles. The van der Waals surface area contributed by atoms with Crippen LogP contribution in [0, 0.1) is 13.8 Å². The van der Waals surface area contributed by atoms with Crippen molar-refractivity contribution in [1.29, 1.82) is 0 Å². The van der Waals surface area contributed by atoms with E-state index in [1.165, 1.54) is 122 Å². The fraction of sp³-hybridized carbons (Fsp3) is 0.122. The van der Waals surface area contributed by atoms with Gasteiger partial charge in [-0.05, 0) is 136 Å². The van der Waals surface area contributed by atoms with Gasteiger partial charge >= 0.3 is 0 Å². The summed E-state index contributed by atoms with van der Waals surface area (Å²) in [7, 11) is 0. The molecule has 82 heavy (non-hydrogen) atoms. The molecular formula is C82H80. The summed E-state index contributed by atoms with van der Waals surface area (Å²) in [4.78, 5) is 0. The molecule has 0 N–H and O–H groups in total. The predicted molar refractivity (Wildman–Crippen MR) is 362 cm³/mol. The highest BCUT2D eigenvalue weighted by molar-refractivity contribution is 6.11. The van der Waals surface area contributed by atoms with Crippen molar-refractivity contribution in [3.63, 3.8) is 0 Å². The Morgan fingerprint density at radius 1 is 0.122 bits per heavy atom. The molecule has 0 saturated heterocycles. The van der Waals surface area contributed by atoms with E-state index >= 15 is 0 Å². The summed E-state index contributed by atoms with van der Waals surface area (Å²) in [6.07, 6.45) is 0. The first-order chi connectivity index (χ1) is 40.7. The highest BCUT2D eigenvalue weighted by atomic mass is 14.3. The van der Waals surface area contributed by atoms with E-state index in [1.807, 2.05) is 55.4 Å². The van der Waals surface area contributed by atoms with Crippen molar-refractivity contribution in [2.24, 2.45) is 0 Å². The number of benzene rings is 12. The Labute approximate surface area is 492 Å². The lowest BCUT2D eigenvalue weighted by Crippen LogP contribution is -2.01. The summed E-state index contributed by atoms with van der Waals surface area (Å²) in [6, 6.07) is 109. The Kier molecular flexibility index (Phi) is 23.1. The fourth-order valence-electron chi connectivity index (χ4n) is 11.0. The molecule has 0 bridgehead atoms. The average Bonchev–Trinajstić information content (AvgIpc) is 2.93. The van der Waals surface area contributed by atoms with Gasteiger partial charge < -0.3 is 0 Å². The van der Waals surface area contributed by atoms with Gasteiger partial charge in [-0.2, -0.15) is 0 Å². The van der Waals surface area contributed by atoms with E-state index in [1.54, 1.807) is 0 Å². The van der Waals surface area contributed by atoms with Crippen LogP contribution in [0.5, 0.6) is 0 Å². The Morgan fingerprint density at radius 2 is 0.207 bits per heavy atom. The molecule has 0 nitrogen and oxygen atoms in total. The largest absolute Gasteiger partial charge is 0.0683 e. The van der Waals surface area contributed by atoms with Gasteiger partial charge in [-0.3, -0.25) is 0 Å². The fourth-order valence-corrected chi connectivity index (χ4v) is 11.0. The standard InChI is InChI=1S/2C37H28.4C2H6/c2*1-27-33(28-17-7-2-8-18-28)35(30-21-11-4-12-22-30)37(32-25-15-6-16-26-32)36(31-23-13-5-14-24-31)34(27)29-19-9-3-10-20-29;4*1-2/h2*2-26H,1H3;4*1-2H3. The molecule has 0 heteroatoms. The van der Waals surface area contributed by atoms with Crippen LogP contribution >= 0.6 is 0 Å². The smallest absolute Gasteiger partial charge is 0.00141 e. The Morgan fingerprint density at radius 3 is 0.317 bits per heavy atom. The summed E-state index contributed by atoms with van der Waals surface area (Å²) in [5, 5.41) is 0. The molecule has 408 valence electrons. The quantitative estimate of drug-likeness (QED) is 0.128. The molecule has 12 rings (SSSR count). The molecule has 0 fully saturated rings. The minimum absolute atomic E-state index is 1.22.